The number of halogens is 1. The third kappa shape index (κ3) is 4.21. The van der Waals surface area contributed by atoms with Crippen molar-refractivity contribution in [2.75, 3.05) is 13.2 Å². The molecule has 0 saturated carbocycles. The van der Waals surface area contributed by atoms with Gasteiger partial charge in [0.05, 0.1) is 6.61 Å². The highest BCUT2D eigenvalue weighted by molar-refractivity contribution is 5.60. The molecule has 0 radical (unpaired) electrons. The minimum atomic E-state index is -0.820. The molecule has 1 aromatic carbocycles. The number of rotatable bonds is 6. The Morgan fingerprint density at radius 3 is 2.95 bits per heavy atom. The van der Waals surface area contributed by atoms with Crippen molar-refractivity contribution in [3.63, 3.8) is 0 Å². The molecule has 2 rings (SSSR count). The second-order valence-corrected chi connectivity index (χ2v) is 4.47. The number of carbonyl (C=O) groups excluding carboxylic acids is 1. The van der Waals surface area contributed by atoms with Gasteiger partial charge in [-0.1, -0.05) is 12.1 Å². The number of aryl methyl sites for hydroxylation is 1. The Hall–Kier alpha value is -1.62. The molecule has 1 fully saturated rings. The Morgan fingerprint density at radius 2 is 2.32 bits per heavy atom. The van der Waals surface area contributed by atoms with Crippen LogP contribution in [0.25, 0.3) is 0 Å². The van der Waals surface area contributed by atoms with Crippen LogP contribution in [0.15, 0.2) is 24.3 Å². The third-order valence-corrected chi connectivity index (χ3v) is 2.91. The second-order valence-electron chi connectivity index (χ2n) is 4.47. The van der Waals surface area contributed by atoms with Gasteiger partial charge in [0.2, 0.25) is 5.79 Å². The zero-order valence-electron chi connectivity index (χ0n) is 10.9. The first-order valence-corrected chi connectivity index (χ1v) is 6.38. The largest absolute Gasteiger partial charge is 0.510 e. The maximum atomic E-state index is 13.0. The molecule has 0 aromatic heterocycles. The van der Waals surface area contributed by atoms with Crippen LogP contribution in [0.4, 0.5) is 9.18 Å². The van der Waals surface area contributed by atoms with E-state index in [-0.39, 0.29) is 12.4 Å². The Bertz CT molecular complexity index is 443. The van der Waals surface area contributed by atoms with E-state index in [1.165, 1.54) is 12.1 Å². The lowest BCUT2D eigenvalue weighted by Crippen LogP contribution is -2.22. The summed E-state index contributed by atoms with van der Waals surface area (Å²) in [6.07, 6.45) is 1.35. The van der Waals surface area contributed by atoms with Crippen molar-refractivity contribution in [3.05, 3.63) is 35.6 Å². The van der Waals surface area contributed by atoms with E-state index in [0.717, 1.165) is 18.4 Å². The minimum absolute atomic E-state index is 0.238. The maximum absolute atomic E-state index is 13.0. The quantitative estimate of drug-likeness (QED) is 0.587. The second kappa shape index (κ2) is 6.02. The van der Waals surface area contributed by atoms with Gasteiger partial charge in [-0.15, -0.1) is 0 Å². The zero-order valence-corrected chi connectivity index (χ0v) is 10.9. The Morgan fingerprint density at radius 1 is 1.53 bits per heavy atom. The standard InChI is InChI=1S/C14H17FO4/c1-2-17-13(16)19-14(10-18-14)8-4-6-11-5-3-7-12(15)9-11/h3,5,7,9H,2,4,6,8,10H2,1H3. The van der Waals surface area contributed by atoms with E-state index < -0.39 is 11.9 Å². The summed E-state index contributed by atoms with van der Waals surface area (Å²) in [5.41, 5.74) is 0.923. The predicted octanol–water partition coefficient (Wildman–Crippen LogP) is 3.05. The van der Waals surface area contributed by atoms with E-state index in [2.05, 4.69) is 0 Å². The molecule has 0 N–H and O–H groups in total. The fraction of sp³-hybridized carbons (Fsp3) is 0.500. The summed E-state index contributed by atoms with van der Waals surface area (Å²) in [7, 11) is 0. The first-order valence-electron chi connectivity index (χ1n) is 6.38. The van der Waals surface area contributed by atoms with Gasteiger partial charge >= 0.3 is 6.16 Å². The van der Waals surface area contributed by atoms with Crippen LogP contribution in [0.3, 0.4) is 0 Å². The van der Waals surface area contributed by atoms with E-state index in [1.807, 2.05) is 6.07 Å². The van der Waals surface area contributed by atoms with E-state index in [9.17, 15) is 9.18 Å². The monoisotopic (exact) mass is 268 g/mol. The van der Waals surface area contributed by atoms with Gasteiger partial charge < -0.3 is 14.2 Å². The average molecular weight is 268 g/mol. The van der Waals surface area contributed by atoms with Crippen molar-refractivity contribution in [1.82, 2.24) is 0 Å². The highest BCUT2D eigenvalue weighted by atomic mass is 19.1. The van der Waals surface area contributed by atoms with Gasteiger partial charge in [-0.3, -0.25) is 0 Å². The van der Waals surface area contributed by atoms with Crippen molar-refractivity contribution in [1.29, 1.82) is 0 Å². The van der Waals surface area contributed by atoms with Crippen LogP contribution in [-0.2, 0) is 20.6 Å². The molecule has 4 nitrogen and oxygen atoms in total. The molecule has 0 aliphatic carbocycles. The summed E-state index contributed by atoms with van der Waals surface area (Å²) in [4.78, 5) is 11.2. The lowest BCUT2D eigenvalue weighted by atomic mass is 10.1. The lowest BCUT2D eigenvalue weighted by molar-refractivity contribution is -0.0378. The van der Waals surface area contributed by atoms with Crippen LogP contribution in [0.1, 0.15) is 25.3 Å². The van der Waals surface area contributed by atoms with Gasteiger partial charge in [0.25, 0.3) is 0 Å². The van der Waals surface area contributed by atoms with Crippen molar-refractivity contribution in [3.8, 4) is 0 Å². The van der Waals surface area contributed by atoms with Crippen molar-refractivity contribution in [2.45, 2.75) is 32.0 Å². The molecular formula is C14H17FO4. The average Bonchev–Trinajstić information content (AvgIpc) is 3.09. The summed E-state index contributed by atoms with van der Waals surface area (Å²) < 4.78 is 28.0. The highest BCUT2D eigenvalue weighted by Gasteiger charge is 2.49. The van der Waals surface area contributed by atoms with Gasteiger partial charge in [-0.2, -0.15) is 0 Å². The molecule has 1 aromatic rings. The first-order chi connectivity index (χ1) is 9.13. The van der Waals surface area contributed by atoms with Gasteiger partial charge in [0.15, 0.2) is 0 Å². The number of ether oxygens (including phenoxy) is 3. The molecule has 1 saturated heterocycles. The molecule has 0 amide bonds. The lowest BCUT2D eigenvalue weighted by Gasteiger charge is -2.12. The Kier molecular flexibility index (Phi) is 4.37. The van der Waals surface area contributed by atoms with E-state index in [1.54, 1.807) is 13.0 Å². The summed E-state index contributed by atoms with van der Waals surface area (Å²) >= 11 is 0. The van der Waals surface area contributed by atoms with Gasteiger partial charge in [0.1, 0.15) is 12.4 Å². The molecule has 0 bridgehead atoms. The molecule has 104 valence electrons. The molecular weight excluding hydrogens is 251 g/mol. The van der Waals surface area contributed by atoms with E-state index in [0.29, 0.717) is 13.0 Å². The summed E-state index contributed by atoms with van der Waals surface area (Å²) in [6, 6.07) is 6.48. The molecule has 1 atom stereocenters. The van der Waals surface area contributed by atoms with Crippen LogP contribution < -0.4 is 0 Å². The van der Waals surface area contributed by atoms with Gasteiger partial charge in [-0.25, -0.2) is 9.18 Å². The fourth-order valence-corrected chi connectivity index (χ4v) is 1.89. The van der Waals surface area contributed by atoms with E-state index >= 15 is 0 Å². The van der Waals surface area contributed by atoms with E-state index in [4.69, 9.17) is 14.2 Å². The zero-order chi connectivity index (χ0) is 13.7. The first kappa shape index (κ1) is 13.8. The number of epoxide rings is 1. The number of hydrogen-bond donors (Lipinski definition) is 0. The minimum Gasteiger partial charge on any atom is -0.435 e. The van der Waals surface area contributed by atoms with Crippen molar-refractivity contribution >= 4 is 6.16 Å². The Labute approximate surface area is 111 Å². The van der Waals surface area contributed by atoms with Crippen LogP contribution >= 0.6 is 0 Å². The molecule has 1 aliphatic heterocycles. The van der Waals surface area contributed by atoms with Crippen LogP contribution in [0.5, 0.6) is 0 Å². The van der Waals surface area contributed by atoms with Crippen molar-refractivity contribution in [2.24, 2.45) is 0 Å². The Balaban J connectivity index is 1.75. The molecule has 19 heavy (non-hydrogen) atoms. The molecule has 1 unspecified atom stereocenters. The normalized spacial score (nSPS) is 20.9. The molecule has 1 aliphatic rings. The summed E-state index contributed by atoms with van der Waals surface area (Å²) in [5, 5.41) is 0. The van der Waals surface area contributed by atoms with Crippen LogP contribution in [0.2, 0.25) is 0 Å². The fourth-order valence-electron chi connectivity index (χ4n) is 1.89. The van der Waals surface area contributed by atoms with Gasteiger partial charge in [0, 0.05) is 6.42 Å². The number of benzene rings is 1. The van der Waals surface area contributed by atoms with Gasteiger partial charge in [-0.05, 0) is 37.5 Å². The number of hydrogen-bond acceptors (Lipinski definition) is 4. The third-order valence-electron chi connectivity index (χ3n) is 2.91. The topological polar surface area (TPSA) is 48.1 Å². The smallest absolute Gasteiger partial charge is 0.435 e. The SMILES string of the molecule is CCOC(=O)OC1(CCCc2cccc(F)c2)CO1. The highest BCUT2D eigenvalue weighted by Crippen LogP contribution is 2.34. The number of carbonyl (C=O) groups is 1. The molecule has 5 heteroatoms. The van der Waals surface area contributed by atoms with Crippen LogP contribution in [0, 0.1) is 5.82 Å². The summed E-state index contributed by atoms with van der Waals surface area (Å²) in [5.74, 6) is -1.06. The molecule has 0 spiro atoms. The predicted molar refractivity (Wildman–Crippen MR) is 66.1 cm³/mol. The maximum Gasteiger partial charge on any atom is 0.510 e. The van der Waals surface area contributed by atoms with Crippen LogP contribution in [-0.4, -0.2) is 25.2 Å². The van der Waals surface area contributed by atoms with Crippen molar-refractivity contribution < 1.29 is 23.4 Å². The molecule has 1 heterocycles. The summed E-state index contributed by atoms with van der Waals surface area (Å²) in [6.45, 7) is 2.39.